The lowest BCUT2D eigenvalue weighted by Gasteiger charge is -2.29. The first-order chi connectivity index (χ1) is 13.7. The van der Waals surface area contributed by atoms with E-state index in [0.717, 1.165) is 18.2 Å². The van der Waals surface area contributed by atoms with Crippen LogP contribution in [0.5, 0.6) is 0 Å². The van der Waals surface area contributed by atoms with Crippen LogP contribution in [0.2, 0.25) is 0 Å². The first-order valence-electron chi connectivity index (χ1n) is 9.02. The lowest BCUT2D eigenvalue weighted by Crippen LogP contribution is -2.36. The number of hydrogen-bond acceptors (Lipinski definition) is 3. The third-order valence-electron chi connectivity index (χ3n) is 4.58. The SMILES string of the molecule is O=C(CCc1ccc(F)c(F)c1)Nc1ccc(N2CCOCC2)cc1C(F)(F)F. The summed E-state index contributed by atoms with van der Waals surface area (Å²) in [5.41, 5.74) is -0.509. The van der Waals surface area contributed by atoms with Gasteiger partial charge in [-0.15, -0.1) is 0 Å². The van der Waals surface area contributed by atoms with Gasteiger partial charge in [-0.2, -0.15) is 13.2 Å². The molecule has 0 radical (unpaired) electrons. The largest absolute Gasteiger partial charge is 0.418 e. The van der Waals surface area contributed by atoms with E-state index in [1.54, 1.807) is 4.90 Å². The number of halogens is 5. The average Bonchev–Trinajstić information content (AvgIpc) is 2.69. The maximum absolute atomic E-state index is 13.5. The molecule has 0 saturated carbocycles. The molecular weight excluding hydrogens is 395 g/mol. The number of carbonyl (C=O) groups is 1. The molecule has 156 valence electrons. The van der Waals surface area contributed by atoms with Crippen LogP contribution in [-0.4, -0.2) is 32.2 Å². The van der Waals surface area contributed by atoms with Crippen LogP contribution < -0.4 is 10.2 Å². The Hall–Kier alpha value is -2.68. The van der Waals surface area contributed by atoms with Crippen LogP contribution in [0.25, 0.3) is 0 Å². The molecule has 1 aliphatic heterocycles. The summed E-state index contributed by atoms with van der Waals surface area (Å²) in [7, 11) is 0. The van der Waals surface area contributed by atoms with Crippen LogP contribution in [0.4, 0.5) is 33.3 Å². The Kier molecular flexibility index (Phi) is 6.36. The molecule has 0 aromatic heterocycles. The highest BCUT2D eigenvalue weighted by Crippen LogP contribution is 2.37. The molecule has 1 saturated heterocycles. The van der Waals surface area contributed by atoms with Crippen LogP contribution in [0, 0.1) is 11.6 Å². The summed E-state index contributed by atoms with van der Waals surface area (Å²) >= 11 is 0. The summed E-state index contributed by atoms with van der Waals surface area (Å²) in [6, 6.07) is 6.98. The van der Waals surface area contributed by atoms with Gasteiger partial charge in [0.1, 0.15) is 0 Å². The number of anilines is 2. The second kappa shape index (κ2) is 8.77. The molecule has 1 heterocycles. The zero-order valence-electron chi connectivity index (χ0n) is 15.4. The molecule has 0 unspecified atom stereocenters. The van der Waals surface area contributed by atoms with Crippen molar-refractivity contribution in [2.24, 2.45) is 0 Å². The number of morpholine rings is 1. The van der Waals surface area contributed by atoms with Gasteiger partial charge in [0.15, 0.2) is 11.6 Å². The molecule has 9 heteroatoms. The van der Waals surface area contributed by atoms with Crippen LogP contribution >= 0.6 is 0 Å². The van der Waals surface area contributed by atoms with Crippen molar-refractivity contribution in [1.29, 1.82) is 0 Å². The van der Waals surface area contributed by atoms with Gasteiger partial charge in [0.05, 0.1) is 24.5 Å². The molecule has 0 aliphatic carbocycles. The Labute approximate surface area is 164 Å². The quantitative estimate of drug-likeness (QED) is 0.738. The second-order valence-corrected chi connectivity index (χ2v) is 6.62. The minimum Gasteiger partial charge on any atom is -0.378 e. The second-order valence-electron chi connectivity index (χ2n) is 6.62. The summed E-state index contributed by atoms with van der Waals surface area (Å²) in [6.07, 6.45) is -4.76. The highest BCUT2D eigenvalue weighted by molar-refractivity contribution is 5.92. The summed E-state index contributed by atoms with van der Waals surface area (Å²) in [5, 5.41) is 2.27. The van der Waals surface area contributed by atoms with Gasteiger partial charge in [-0.3, -0.25) is 4.79 Å². The maximum Gasteiger partial charge on any atom is 0.418 e. The topological polar surface area (TPSA) is 41.6 Å². The minimum absolute atomic E-state index is 0.0657. The summed E-state index contributed by atoms with van der Waals surface area (Å²) in [5.74, 6) is -2.70. The van der Waals surface area contributed by atoms with Gasteiger partial charge < -0.3 is 15.0 Å². The first-order valence-corrected chi connectivity index (χ1v) is 9.02. The van der Waals surface area contributed by atoms with Crippen molar-refractivity contribution in [2.75, 3.05) is 36.5 Å². The average molecular weight is 414 g/mol. The summed E-state index contributed by atoms with van der Waals surface area (Å²) in [6.45, 7) is 1.84. The Morgan fingerprint density at radius 2 is 1.76 bits per heavy atom. The highest BCUT2D eigenvalue weighted by Gasteiger charge is 2.34. The van der Waals surface area contributed by atoms with E-state index in [1.165, 1.54) is 18.2 Å². The monoisotopic (exact) mass is 414 g/mol. The van der Waals surface area contributed by atoms with Gasteiger partial charge in [-0.05, 0) is 42.3 Å². The molecular formula is C20H19F5N2O2. The van der Waals surface area contributed by atoms with E-state index in [2.05, 4.69) is 5.32 Å². The van der Waals surface area contributed by atoms with E-state index >= 15 is 0 Å². The van der Waals surface area contributed by atoms with Gasteiger partial charge in [0.2, 0.25) is 5.91 Å². The van der Waals surface area contributed by atoms with Crippen molar-refractivity contribution in [2.45, 2.75) is 19.0 Å². The van der Waals surface area contributed by atoms with Crippen molar-refractivity contribution in [3.63, 3.8) is 0 Å². The van der Waals surface area contributed by atoms with E-state index in [4.69, 9.17) is 4.74 Å². The molecule has 1 aliphatic rings. The third kappa shape index (κ3) is 5.44. The highest BCUT2D eigenvalue weighted by atomic mass is 19.4. The Balaban J connectivity index is 1.71. The molecule has 0 spiro atoms. The molecule has 1 fully saturated rings. The smallest absolute Gasteiger partial charge is 0.378 e. The number of alkyl halides is 3. The number of nitrogens with zero attached hydrogens (tertiary/aromatic N) is 1. The van der Waals surface area contributed by atoms with Crippen molar-refractivity contribution in [1.82, 2.24) is 0 Å². The Morgan fingerprint density at radius 1 is 1.03 bits per heavy atom. The molecule has 2 aromatic rings. The van der Waals surface area contributed by atoms with Crippen molar-refractivity contribution < 1.29 is 31.5 Å². The van der Waals surface area contributed by atoms with Crippen LogP contribution in [0.1, 0.15) is 17.5 Å². The fraction of sp³-hybridized carbons (Fsp3) is 0.350. The normalized spacial score (nSPS) is 14.7. The first kappa shape index (κ1) is 21.0. The van der Waals surface area contributed by atoms with Crippen LogP contribution in [0.3, 0.4) is 0 Å². The molecule has 3 rings (SSSR count). The van der Waals surface area contributed by atoms with Gasteiger partial charge in [-0.25, -0.2) is 8.78 Å². The molecule has 4 nitrogen and oxygen atoms in total. The Bertz CT molecular complexity index is 880. The number of rotatable bonds is 5. The molecule has 1 amide bonds. The molecule has 0 atom stereocenters. The van der Waals surface area contributed by atoms with Gasteiger partial charge in [0.25, 0.3) is 0 Å². The predicted molar refractivity (Wildman–Crippen MR) is 97.8 cm³/mol. The van der Waals surface area contributed by atoms with Gasteiger partial charge in [-0.1, -0.05) is 6.07 Å². The standard InChI is InChI=1S/C20H19F5N2O2/c21-16-4-1-13(11-17(16)22)2-6-19(28)26-18-5-3-14(12-15(18)20(23,24)25)27-7-9-29-10-8-27/h1,3-5,11-12H,2,6-10H2,(H,26,28). The van der Waals surface area contributed by atoms with E-state index in [1.807, 2.05) is 0 Å². The molecule has 29 heavy (non-hydrogen) atoms. The fourth-order valence-corrected chi connectivity index (χ4v) is 3.06. The van der Waals surface area contributed by atoms with E-state index in [9.17, 15) is 26.7 Å². The molecule has 0 bridgehead atoms. The number of ether oxygens (including phenoxy) is 1. The number of aryl methyl sites for hydroxylation is 1. The van der Waals surface area contributed by atoms with Crippen molar-refractivity contribution in [3.8, 4) is 0 Å². The van der Waals surface area contributed by atoms with Gasteiger partial charge >= 0.3 is 6.18 Å². The minimum atomic E-state index is -4.65. The number of benzene rings is 2. The zero-order chi connectivity index (χ0) is 21.0. The third-order valence-corrected chi connectivity index (χ3v) is 4.58. The Morgan fingerprint density at radius 3 is 2.41 bits per heavy atom. The molecule has 2 aromatic carbocycles. The van der Waals surface area contributed by atoms with Crippen LogP contribution in [-0.2, 0) is 22.1 Å². The predicted octanol–water partition coefficient (Wildman–Crippen LogP) is 4.39. The number of amides is 1. The van der Waals surface area contributed by atoms with Gasteiger partial charge in [0, 0.05) is 25.2 Å². The van der Waals surface area contributed by atoms with Crippen LogP contribution in [0.15, 0.2) is 36.4 Å². The lowest BCUT2D eigenvalue weighted by atomic mass is 10.1. The van der Waals surface area contributed by atoms with E-state index < -0.39 is 29.3 Å². The maximum atomic E-state index is 13.5. The van der Waals surface area contributed by atoms with Crippen molar-refractivity contribution in [3.05, 3.63) is 59.2 Å². The van der Waals surface area contributed by atoms with E-state index in [0.29, 0.717) is 37.6 Å². The van der Waals surface area contributed by atoms with E-state index in [-0.39, 0.29) is 18.5 Å². The van der Waals surface area contributed by atoms with Crippen molar-refractivity contribution >= 4 is 17.3 Å². The fourth-order valence-electron chi connectivity index (χ4n) is 3.06. The number of nitrogens with one attached hydrogen (secondary N) is 1. The summed E-state index contributed by atoms with van der Waals surface area (Å²) < 4.78 is 71.9. The number of hydrogen-bond donors (Lipinski definition) is 1. The zero-order valence-corrected chi connectivity index (χ0v) is 15.4. The summed E-state index contributed by atoms with van der Waals surface area (Å²) in [4.78, 5) is 13.9. The molecule has 1 N–H and O–H groups in total. The number of carbonyl (C=O) groups excluding carboxylic acids is 1. The lowest BCUT2D eigenvalue weighted by molar-refractivity contribution is -0.136.